The van der Waals surface area contributed by atoms with Crippen LogP contribution in [0.1, 0.15) is 37.4 Å². The molecule has 2 rings (SSSR count). The molecule has 0 saturated heterocycles. The second-order valence-electron chi connectivity index (χ2n) is 5.31. The molecule has 0 radical (unpaired) electrons. The Labute approximate surface area is 126 Å². The minimum Gasteiger partial charge on any atom is -0.353 e. The van der Waals surface area contributed by atoms with Crippen LogP contribution >= 0.6 is 0 Å². The van der Waals surface area contributed by atoms with Crippen molar-refractivity contribution in [1.29, 1.82) is 0 Å². The van der Waals surface area contributed by atoms with E-state index in [0.29, 0.717) is 6.42 Å². The van der Waals surface area contributed by atoms with Crippen LogP contribution < -0.4 is 5.32 Å². The number of pyridine rings is 1. The summed E-state index contributed by atoms with van der Waals surface area (Å²) in [6.45, 7) is 4.10. The molecule has 0 spiro atoms. The standard InChI is InChI=1S/C18H22N2O/c1-3-14(2)20-18(21)17(15-9-5-4-6-10-15)13-16-11-7-8-12-19-16/h4-12,14,17H,3,13H2,1-2H3,(H,20,21). The molecule has 2 unspecified atom stereocenters. The molecule has 0 bridgehead atoms. The summed E-state index contributed by atoms with van der Waals surface area (Å²) in [5, 5.41) is 3.08. The van der Waals surface area contributed by atoms with E-state index < -0.39 is 0 Å². The van der Waals surface area contributed by atoms with Crippen LogP contribution in [0.3, 0.4) is 0 Å². The van der Waals surface area contributed by atoms with E-state index in [-0.39, 0.29) is 17.9 Å². The lowest BCUT2D eigenvalue weighted by Crippen LogP contribution is -2.36. The van der Waals surface area contributed by atoms with Gasteiger partial charge in [-0.2, -0.15) is 0 Å². The maximum Gasteiger partial charge on any atom is 0.228 e. The molecule has 110 valence electrons. The Morgan fingerprint density at radius 2 is 1.86 bits per heavy atom. The zero-order valence-corrected chi connectivity index (χ0v) is 12.6. The first kappa shape index (κ1) is 15.2. The second-order valence-corrected chi connectivity index (χ2v) is 5.31. The monoisotopic (exact) mass is 282 g/mol. The number of rotatable bonds is 6. The average molecular weight is 282 g/mol. The highest BCUT2D eigenvalue weighted by Gasteiger charge is 2.22. The van der Waals surface area contributed by atoms with Crippen molar-refractivity contribution in [1.82, 2.24) is 10.3 Å². The van der Waals surface area contributed by atoms with Crippen molar-refractivity contribution in [2.75, 3.05) is 0 Å². The molecular formula is C18H22N2O. The predicted octanol–water partition coefficient (Wildman–Crippen LogP) is 3.32. The van der Waals surface area contributed by atoms with E-state index >= 15 is 0 Å². The van der Waals surface area contributed by atoms with Gasteiger partial charge in [0.15, 0.2) is 0 Å². The summed E-state index contributed by atoms with van der Waals surface area (Å²) in [5.41, 5.74) is 1.97. The van der Waals surface area contributed by atoms with Crippen molar-refractivity contribution in [2.45, 2.75) is 38.6 Å². The molecule has 0 aliphatic carbocycles. The summed E-state index contributed by atoms with van der Waals surface area (Å²) in [6, 6.07) is 15.9. The van der Waals surface area contributed by atoms with Gasteiger partial charge in [0.05, 0.1) is 5.92 Å². The molecule has 1 amide bonds. The molecule has 0 aliphatic rings. The topological polar surface area (TPSA) is 42.0 Å². The van der Waals surface area contributed by atoms with Gasteiger partial charge in [-0.25, -0.2) is 0 Å². The van der Waals surface area contributed by atoms with Gasteiger partial charge in [0.2, 0.25) is 5.91 Å². The Morgan fingerprint density at radius 3 is 2.48 bits per heavy atom. The molecule has 3 heteroatoms. The highest BCUT2D eigenvalue weighted by atomic mass is 16.1. The van der Waals surface area contributed by atoms with Gasteiger partial charge in [-0.15, -0.1) is 0 Å². The average Bonchev–Trinajstić information content (AvgIpc) is 2.54. The Morgan fingerprint density at radius 1 is 1.14 bits per heavy atom. The summed E-state index contributed by atoms with van der Waals surface area (Å²) in [6.07, 6.45) is 3.31. The number of hydrogen-bond donors (Lipinski definition) is 1. The normalized spacial score (nSPS) is 13.4. The zero-order chi connectivity index (χ0) is 15.1. The van der Waals surface area contributed by atoms with Gasteiger partial charge in [-0.1, -0.05) is 43.3 Å². The van der Waals surface area contributed by atoms with Crippen LogP contribution in [0.15, 0.2) is 54.7 Å². The molecule has 0 fully saturated rings. The van der Waals surface area contributed by atoms with Crippen LogP contribution in [0.4, 0.5) is 0 Å². The maximum atomic E-state index is 12.6. The zero-order valence-electron chi connectivity index (χ0n) is 12.6. The third kappa shape index (κ3) is 4.42. The molecule has 2 aromatic rings. The third-order valence-corrected chi connectivity index (χ3v) is 3.66. The van der Waals surface area contributed by atoms with E-state index in [0.717, 1.165) is 17.7 Å². The van der Waals surface area contributed by atoms with Gasteiger partial charge < -0.3 is 5.32 Å². The smallest absolute Gasteiger partial charge is 0.228 e. The molecule has 21 heavy (non-hydrogen) atoms. The molecule has 1 heterocycles. The number of benzene rings is 1. The molecule has 0 saturated carbocycles. The van der Waals surface area contributed by atoms with Gasteiger partial charge in [-0.05, 0) is 31.0 Å². The van der Waals surface area contributed by atoms with Crippen LogP contribution in [0, 0.1) is 0 Å². The Hall–Kier alpha value is -2.16. The van der Waals surface area contributed by atoms with E-state index in [9.17, 15) is 4.79 Å². The second kappa shape index (κ2) is 7.58. The summed E-state index contributed by atoms with van der Waals surface area (Å²) in [5.74, 6) is -0.128. The quantitative estimate of drug-likeness (QED) is 0.883. The number of nitrogens with zero attached hydrogens (tertiary/aromatic N) is 1. The van der Waals surface area contributed by atoms with Crippen molar-refractivity contribution >= 4 is 5.91 Å². The fraction of sp³-hybridized carbons (Fsp3) is 0.333. The number of aromatic nitrogens is 1. The Balaban J connectivity index is 2.20. The first-order chi connectivity index (χ1) is 10.2. The molecule has 1 N–H and O–H groups in total. The first-order valence-electron chi connectivity index (χ1n) is 7.46. The van der Waals surface area contributed by atoms with E-state index in [1.807, 2.05) is 55.5 Å². The fourth-order valence-corrected chi connectivity index (χ4v) is 2.22. The Kier molecular flexibility index (Phi) is 5.50. The number of amides is 1. The van der Waals surface area contributed by atoms with Gasteiger partial charge in [0, 0.05) is 24.4 Å². The molecule has 2 atom stereocenters. The van der Waals surface area contributed by atoms with Gasteiger partial charge in [0.25, 0.3) is 0 Å². The van der Waals surface area contributed by atoms with E-state index in [1.165, 1.54) is 0 Å². The van der Waals surface area contributed by atoms with E-state index in [1.54, 1.807) is 6.20 Å². The first-order valence-corrected chi connectivity index (χ1v) is 7.46. The molecule has 3 nitrogen and oxygen atoms in total. The lowest BCUT2D eigenvalue weighted by Gasteiger charge is -2.20. The minimum atomic E-state index is -0.199. The number of carbonyl (C=O) groups excluding carboxylic acids is 1. The predicted molar refractivity (Wildman–Crippen MR) is 85.0 cm³/mol. The molecule has 1 aromatic carbocycles. The number of carbonyl (C=O) groups is 1. The van der Waals surface area contributed by atoms with Crippen LogP contribution in [0.2, 0.25) is 0 Å². The SMILES string of the molecule is CCC(C)NC(=O)C(Cc1ccccn1)c1ccccc1. The van der Waals surface area contributed by atoms with Crippen molar-refractivity contribution < 1.29 is 4.79 Å². The van der Waals surface area contributed by atoms with Crippen molar-refractivity contribution in [3.63, 3.8) is 0 Å². The summed E-state index contributed by atoms with van der Waals surface area (Å²) >= 11 is 0. The lowest BCUT2D eigenvalue weighted by molar-refractivity contribution is -0.123. The fourth-order valence-electron chi connectivity index (χ4n) is 2.22. The number of nitrogens with one attached hydrogen (secondary N) is 1. The van der Waals surface area contributed by atoms with Crippen molar-refractivity contribution in [2.24, 2.45) is 0 Å². The maximum absolute atomic E-state index is 12.6. The summed E-state index contributed by atoms with van der Waals surface area (Å²) in [4.78, 5) is 16.9. The van der Waals surface area contributed by atoms with Crippen LogP contribution in [-0.4, -0.2) is 16.9 Å². The van der Waals surface area contributed by atoms with E-state index in [2.05, 4.69) is 17.2 Å². The summed E-state index contributed by atoms with van der Waals surface area (Å²) in [7, 11) is 0. The largest absolute Gasteiger partial charge is 0.353 e. The minimum absolute atomic E-state index is 0.0706. The highest BCUT2D eigenvalue weighted by Crippen LogP contribution is 2.20. The van der Waals surface area contributed by atoms with Gasteiger partial charge in [-0.3, -0.25) is 9.78 Å². The van der Waals surface area contributed by atoms with Crippen molar-refractivity contribution in [3.8, 4) is 0 Å². The Bertz CT molecular complexity index is 554. The van der Waals surface area contributed by atoms with Crippen LogP contribution in [0.25, 0.3) is 0 Å². The summed E-state index contributed by atoms with van der Waals surface area (Å²) < 4.78 is 0. The third-order valence-electron chi connectivity index (χ3n) is 3.66. The lowest BCUT2D eigenvalue weighted by atomic mass is 9.92. The van der Waals surface area contributed by atoms with Crippen molar-refractivity contribution in [3.05, 3.63) is 66.0 Å². The van der Waals surface area contributed by atoms with Crippen LogP contribution in [-0.2, 0) is 11.2 Å². The molecule has 1 aromatic heterocycles. The van der Waals surface area contributed by atoms with E-state index in [4.69, 9.17) is 0 Å². The van der Waals surface area contributed by atoms with Gasteiger partial charge >= 0.3 is 0 Å². The number of hydrogen-bond acceptors (Lipinski definition) is 2. The molecule has 0 aliphatic heterocycles. The molecular weight excluding hydrogens is 260 g/mol. The highest BCUT2D eigenvalue weighted by molar-refractivity contribution is 5.84. The van der Waals surface area contributed by atoms with Crippen LogP contribution in [0.5, 0.6) is 0 Å². The van der Waals surface area contributed by atoms with Gasteiger partial charge in [0.1, 0.15) is 0 Å².